The minimum atomic E-state index is -0.409. The van der Waals surface area contributed by atoms with E-state index in [0.717, 1.165) is 16.3 Å². The highest BCUT2D eigenvalue weighted by Crippen LogP contribution is 2.24. The monoisotopic (exact) mass is 611 g/mol. The average Bonchev–Trinajstić information content (AvgIpc) is 3.59. The number of aryl methyl sites for hydroxylation is 3. The molecule has 0 aliphatic rings. The summed E-state index contributed by atoms with van der Waals surface area (Å²) in [7, 11) is 0. The van der Waals surface area contributed by atoms with Gasteiger partial charge in [0.25, 0.3) is 23.7 Å². The molecule has 46 heavy (non-hydrogen) atoms. The predicted octanol–water partition coefficient (Wildman–Crippen LogP) is 3.75. The molecule has 0 aliphatic heterocycles. The molecular formula is C33H29N11O2. The van der Waals surface area contributed by atoms with Gasteiger partial charge in [-0.2, -0.15) is 9.98 Å². The molecule has 0 saturated carbocycles. The van der Waals surface area contributed by atoms with Gasteiger partial charge >= 0.3 is 0 Å². The van der Waals surface area contributed by atoms with Crippen LogP contribution in [-0.2, 0) is 12.8 Å². The van der Waals surface area contributed by atoms with E-state index in [9.17, 15) is 9.59 Å². The number of amides is 2. The summed E-state index contributed by atoms with van der Waals surface area (Å²) in [5.74, 6) is -0.827. The second kappa shape index (κ2) is 13.0. The number of benzene rings is 3. The molecule has 0 saturated heterocycles. The Labute approximate surface area is 263 Å². The van der Waals surface area contributed by atoms with Crippen molar-refractivity contribution in [2.24, 2.45) is 21.5 Å². The number of hydrogen-bond acceptors (Lipinski definition) is 8. The number of aromatic nitrogens is 5. The fourth-order valence-electron chi connectivity index (χ4n) is 4.91. The van der Waals surface area contributed by atoms with Crippen molar-refractivity contribution in [1.82, 2.24) is 35.6 Å². The first kappa shape index (κ1) is 29.6. The van der Waals surface area contributed by atoms with Gasteiger partial charge in [-0.15, -0.1) is 0 Å². The number of nitrogens with zero attached hydrogens (tertiary/aromatic N) is 6. The van der Waals surface area contributed by atoms with Gasteiger partial charge in [0, 0.05) is 28.7 Å². The van der Waals surface area contributed by atoms with Crippen molar-refractivity contribution in [3.05, 3.63) is 119 Å². The molecule has 0 spiro atoms. The minimum Gasteiger partial charge on any atom is -0.369 e. The first-order valence-corrected chi connectivity index (χ1v) is 14.3. The molecule has 3 aromatic carbocycles. The van der Waals surface area contributed by atoms with E-state index in [1.165, 1.54) is 0 Å². The molecule has 0 bridgehead atoms. The van der Waals surface area contributed by atoms with Crippen LogP contribution in [0.2, 0.25) is 0 Å². The quantitative estimate of drug-likeness (QED) is 0.133. The van der Waals surface area contributed by atoms with E-state index in [1.807, 2.05) is 67.6 Å². The van der Waals surface area contributed by atoms with Gasteiger partial charge in [-0.25, -0.2) is 19.9 Å². The van der Waals surface area contributed by atoms with Gasteiger partial charge in [-0.3, -0.25) is 20.2 Å². The third-order valence-corrected chi connectivity index (χ3v) is 7.11. The van der Waals surface area contributed by atoms with Crippen molar-refractivity contribution in [2.75, 3.05) is 0 Å². The maximum atomic E-state index is 12.7. The number of fused-ring (bicyclic) bond motifs is 2. The molecule has 3 heterocycles. The Balaban J connectivity index is 1.27. The normalized spacial score (nSPS) is 11.9. The van der Waals surface area contributed by atoms with Gasteiger partial charge in [-0.1, -0.05) is 54.6 Å². The van der Waals surface area contributed by atoms with Crippen molar-refractivity contribution >= 4 is 57.4 Å². The zero-order valence-electron chi connectivity index (χ0n) is 24.7. The number of nitrogens with one attached hydrogen (secondary N) is 3. The molecule has 6 aromatic rings. The number of hydrogen-bond donors (Lipinski definition) is 5. The van der Waals surface area contributed by atoms with E-state index < -0.39 is 5.91 Å². The summed E-state index contributed by atoms with van der Waals surface area (Å²) >= 11 is 0. The van der Waals surface area contributed by atoms with Gasteiger partial charge in [0.05, 0.1) is 28.0 Å². The molecule has 0 fully saturated rings. The van der Waals surface area contributed by atoms with Crippen LogP contribution >= 0.6 is 0 Å². The van der Waals surface area contributed by atoms with Gasteiger partial charge in [0.15, 0.2) is 0 Å². The van der Waals surface area contributed by atoms with Crippen LogP contribution in [0, 0.1) is 6.92 Å². The highest BCUT2D eigenvalue weighted by Gasteiger charge is 2.14. The van der Waals surface area contributed by atoms with Crippen molar-refractivity contribution in [3.63, 3.8) is 0 Å². The first-order valence-electron chi connectivity index (χ1n) is 14.3. The molecular weight excluding hydrogens is 582 g/mol. The predicted molar refractivity (Wildman–Crippen MR) is 176 cm³/mol. The van der Waals surface area contributed by atoms with Gasteiger partial charge in [0.1, 0.15) is 0 Å². The van der Waals surface area contributed by atoms with Crippen LogP contribution in [0.5, 0.6) is 0 Å². The molecule has 13 heteroatoms. The van der Waals surface area contributed by atoms with Crippen LogP contribution in [0.1, 0.15) is 37.7 Å². The number of nitrogens with two attached hydrogens (primary N) is 2. The highest BCUT2D eigenvalue weighted by atomic mass is 16.2. The summed E-state index contributed by atoms with van der Waals surface area (Å²) in [5.41, 5.74) is 16.6. The Hall–Kier alpha value is -6.50. The fourth-order valence-corrected chi connectivity index (χ4v) is 4.91. The van der Waals surface area contributed by atoms with Crippen molar-refractivity contribution in [1.29, 1.82) is 0 Å². The van der Waals surface area contributed by atoms with E-state index in [2.05, 4.69) is 40.6 Å². The van der Waals surface area contributed by atoms with E-state index in [-0.39, 0.29) is 29.7 Å². The zero-order valence-corrected chi connectivity index (χ0v) is 24.7. The molecule has 7 N–H and O–H groups in total. The number of carbonyl (C=O) groups is 2. The van der Waals surface area contributed by atoms with Crippen molar-refractivity contribution < 1.29 is 9.59 Å². The van der Waals surface area contributed by atoms with Crippen LogP contribution < -0.4 is 22.1 Å². The number of aromatic amines is 1. The molecule has 228 valence electrons. The number of guanidine groups is 2. The molecule has 2 amide bonds. The van der Waals surface area contributed by atoms with E-state index >= 15 is 0 Å². The SMILES string of the molecule is Cc1ccccc1C(=O)NC(N)=Nc1nc(CCc2nc(N=C(N)NC(=O)c3cc[nH]c3)nc3ccccc23)c2ccccc2n1. The summed E-state index contributed by atoms with van der Waals surface area (Å²) in [6.07, 6.45) is 4.11. The third kappa shape index (κ3) is 6.68. The largest absolute Gasteiger partial charge is 0.369 e. The van der Waals surface area contributed by atoms with Gasteiger partial charge < -0.3 is 16.5 Å². The minimum absolute atomic E-state index is 0.107. The summed E-state index contributed by atoms with van der Waals surface area (Å²) in [6.45, 7) is 1.84. The Kier molecular flexibility index (Phi) is 8.36. The summed E-state index contributed by atoms with van der Waals surface area (Å²) in [4.78, 5) is 55.0. The number of aliphatic imine (C=N–C) groups is 2. The van der Waals surface area contributed by atoms with Crippen molar-refractivity contribution in [3.8, 4) is 0 Å². The summed E-state index contributed by atoms with van der Waals surface area (Å²) in [5, 5.41) is 6.85. The Bertz CT molecular complexity index is 2140. The lowest BCUT2D eigenvalue weighted by Gasteiger charge is -2.10. The number of rotatable bonds is 7. The highest BCUT2D eigenvalue weighted by molar-refractivity contribution is 6.06. The molecule has 0 aliphatic carbocycles. The number of carbonyl (C=O) groups excluding carboxylic acids is 2. The average molecular weight is 612 g/mol. The molecule has 0 atom stereocenters. The lowest BCUT2D eigenvalue weighted by molar-refractivity contribution is 0.0968. The van der Waals surface area contributed by atoms with Gasteiger partial charge in [0.2, 0.25) is 11.9 Å². The first-order chi connectivity index (χ1) is 22.3. The maximum absolute atomic E-state index is 12.7. The maximum Gasteiger partial charge on any atom is 0.259 e. The number of H-pyrrole nitrogens is 1. The van der Waals surface area contributed by atoms with Crippen LogP contribution in [0.25, 0.3) is 21.8 Å². The summed E-state index contributed by atoms with van der Waals surface area (Å²) < 4.78 is 0. The molecule has 0 radical (unpaired) electrons. The molecule has 0 unspecified atom stereocenters. The van der Waals surface area contributed by atoms with Crippen molar-refractivity contribution in [2.45, 2.75) is 19.8 Å². The van der Waals surface area contributed by atoms with E-state index in [4.69, 9.17) is 16.5 Å². The Morgan fingerprint density at radius 2 is 1.22 bits per heavy atom. The van der Waals surface area contributed by atoms with Gasteiger partial charge in [-0.05, 0) is 49.6 Å². The zero-order chi connectivity index (χ0) is 32.0. The Morgan fingerprint density at radius 3 is 1.76 bits per heavy atom. The second-order valence-corrected chi connectivity index (χ2v) is 10.3. The van der Waals surface area contributed by atoms with Crippen LogP contribution in [-0.4, -0.2) is 48.7 Å². The Morgan fingerprint density at radius 1 is 0.696 bits per heavy atom. The lowest BCUT2D eigenvalue weighted by atomic mass is 10.1. The lowest BCUT2D eigenvalue weighted by Crippen LogP contribution is -2.36. The number of para-hydroxylation sites is 2. The molecule has 6 rings (SSSR count). The standard InChI is InChI=1S/C33H29N11O2/c1-19-8-2-3-9-21(19)29(46)42-31(35)44-33-38-25-13-7-5-11-23(25)27(40-33)15-14-26-22-10-4-6-12-24(22)37-32(39-26)43-30(34)41-28(45)20-16-17-36-18-20/h2-13,16-18,36H,14-15H2,1H3,(H3,34,37,39,41,43,45)(H3,35,38,40,42,44,46). The third-order valence-electron chi connectivity index (χ3n) is 7.11. The smallest absolute Gasteiger partial charge is 0.259 e. The van der Waals surface area contributed by atoms with Crippen LogP contribution in [0.3, 0.4) is 0 Å². The fraction of sp³-hybridized carbons (Fsp3) is 0.0909. The summed E-state index contributed by atoms with van der Waals surface area (Å²) in [6, 6.07) is 23.9. The topological polar surface area (TPSA) is 202 Å². The molecule has 13 nitrogen and oxygen atoms in total. The van der Waals surface area contributed by atoms with E-state index in [1.54, 1.807) is 30.6 Å². The molecule has 3 aromatic heterocycles. The van der Waals surface area contributed by atoms with E-state index in [0.29, 0.717) is 46.4 Å². The second-order valence-electron chi connectivity index (χ2n) is 10.3. The van der Waals surface area contributed by atoms with Crippen LogP contribution in [0.15, 0.2) is 101 Å². The van der Waals surface area contributed by atoms with Crippen LogP contribution in [0.4, 0.5) is 11.9 Å².